The highest BCUT2D eigenvalue weighted by Crippen LogP contribution is 2.89. The number of aliphatic carboxylic acids is 1. The van der Waals surface area contributed by atoms with Crippen LogP contribution in [-0.2, 0) is 28.5 Å². The zero-order chi connectivity index (χ0) is 36.6. The molecule has 2 saturated heterocycles. The van der Waals surface area contributed by atoms with E-state index in [0.29, 0.717) is 38.0 Å². The minimum Gasteiger partial charge on any atom is -0.480 e. The van der Waals surface area contributed by atoms with Gasteiger partial charge in [-0.15, -0.1) is 0 Å². The number of aliphatic hydroxyl groups is 2. The number of carboxylic acids is 1. The second kappa shape index (κ2) is 11.6. The highest BCUT2D eigenvalue weighted by Gasteiger charge is 2.84. The number of carbonyl (C=O) groups is 2. The van der Waals surface area contributed by atoms with Gasteiger partial charge in [-0.25, -0.2) is 0 Å². The summed E-state index contributed by atoms with van der Waals surface area (Å²) in [6, 6.07) is 0. The molecule has 0 amide bonds. The topological polar surface area (TPSA) is 135 Å². The van der Waals surface area contributed by atoms with Crippen LogP contribution in [0.3, 0.4) is 0 Å². The van der Waals surface area contributed by atoms with Crippen LogP contribution in [0.2, 0.25) is 0 Å². The number of ether oxygens (including phenoxy) is 4. The van der Waals surface area contributed by atoms with Gasteiger partial charge in [-0.2, -0.15) is 0 Å². The van der Waals surface area contributed by atoms with Gasteiger partial charge in [0.1, 0.15) is 5.54 Å². The largest absolute Gasteiger partial charge is 0.480 e. The molecule has 2 heterocycles. The maximum Gasteiger partial charge on any atom is 0.323 e. The number of morpholine rings is 1. The highest BCUT2D eigenvalue weighted by molar-refractivity contribution is 5.77. The summed E-state index contributed by atoms with van der Waals surface area (Å²) in [5.74, 6) is 0.0461. The summed E-state index contributed by atoms with van der Waals surface area (Å²) >= 11 is 0. The molecule has 7 fully saturated rings. The summed E-state index contributed by atoms with van der Waals surface area (Å²) in [5.41, 5.74) is -2.31. The molecular formula is C40H65NO9. The van der Waals surface area contributed by atoms with E-state index in [4.69, 9.17) is 18.9 Å². The number of hydrogen-bond acceptors (Lipinski definition) is 9. The van der Waals surface area contributed by atoms with Crippen molar-refractivity contribution in [1.29, 1.82) is 0 Å². The van der Waals surface area contributed by atoms with Crippen LogP contribution in [0.4, 0.5) is 0 Å². The molecule has 14 unspecified atom stereocenters. The first-order valence-corrected chi connectivity index (χ1v) is 19.6. The highest BCUT2D eigenvalue weighted by atomic mass is 16.7. The predicted molar refractivity (Wildman–Crippen MR) is 186 cm³/mol. The van der Waals surface area contributed by atoms with Crippen LogP contribution in [0.15, 0.2) is 0 Å². The Morgan fingerprint density at radius 3 is 2.28 bits per heavy atom. The molecule has 7 rings (SSSR count). The Bertz CT molecular complexity index is 1380. The molecule has 0 bridgehead atoms. The van der Waals surface area contributed by atoms with Gasteiger partial charge < -0.3 is 34.3 Å². The molecule has 50 heavy (non-hydrogen) atoms. The molecule has 2 aliphatic heterocycles. The van der Waals surface area contributed by atoms with Crippen LogP contribution in [-0.4, -0.2) is 99.8 Å². The second-order valence-corrected chi connectivity index (χ2v) is 20.0. The number of carbonyl (C=O) groups excluding carboxylic acids is 1. The van der Waals surface area contributed by atoms with Gasteiger partial charge in [0.25, 0.3) is 0 Å². The Morgan fingerprint density at radius 2 is 1.64 bits per heavy atom. The Morgan fingerprint density at radius 1 is 0.980 bits per heavy atom. The van der Waals surface area contributed by atoms with Crippen LogP contribution in [0.25, 0.3) is 0 Å². The lowest BCUT2D eigenvalue weighted by atomic mass is 9.41. The van der Waals surface area contributed by atoms with Crippen molar-refractivity contribution in [3.05, 3.63) is 0 Å². The predicted octanol–water partition coefficient (Wildman–Crippen LogP) is 5.41. The van der Waals surface area contributed by atoms with Gasteiger partial charge in [0.15, 0.2) is 12.4 Å². The number of carboxylic acid groups (broad SMARTS) is 1. The fourth-order valence-electron chi connectivity index (χ4n) is 14.1. The van der Waals surface area contributed by atoms with Crippen molar-refractivity contribution in [1.82, 2.24) is 4.90 Å². The van der Waals surface area contributed by atoms with Crippen LogP contribution in [0.1, 0.15) is 121 Å². The van der Waals surface area contributed by atoms with E-state index in [1.165, 1.54) is 19.8 Å². The number of aliphatic hydroxyl groups excluding tert-OH is 1. The average molecular weight is 704 g/mol. The molecule has 3 N–H and O–H groups in total. The Labute approximate surface area is 299 Å². The zero-order valence-electron chi connectivity index (χ0n) is 32.3. The standard InChI is InChI=1S/C40H65NO9/c1-22-19-24(32(36(7,8)46)48-23(2)42)49-30-29(22)37(9)15-16-40-21-39(40)14-13-27(50-28-20-41(17-18-47-28)35(5,6)33(44)45)34(3,4)25(39)11-12-26(40)38(37,10)31(30)43/h22,24-32,43,46H,11-21H2,1-10H3,(H,44,45). The smallest absolute Gasteiger partial charge is 0.323 e. The molecule has 10 heteroatoms. The summed E-state index contributed by atoms with van der Waals surface area (Å²) in [7, 11) is 0. The quantitative estimate of drug-likeness (QED) is 0.296. The lowest BCUT2D eigenvalue weighted by Gasteiger charge is -2.64. The van der Waals surface area contributed by atoms with Crippen molar-refractivity contribution in [3.8, 4) is 0 Å². The first-order valence-electron chi connectivity index (χ1n) is 19.6. The normalized spacial score (nSPS) is 49.0. The summed E-state index contributed by atoms with van der Waals surface area (Å²) in [5, 5.41) is 33.5. The van der Waals surface area contributed by atoms with Crippen molar-refractivity contribution in [2.24, 2.45) is 50.7 Å². The van der Waals surface area contributed by atoms with Crippen molar-refractivity contribution < 1.29 is 43.9 Å². The van der Waals surface area contributed by atoms with Crippen molar-refractivity contribution in [2.75, 3.05) is 19.7 Å². The maximum atomic E-state index is 12.6. The molecule has 10 nitrogen and oxygen atoms in total. The Hall–Kier alpha value is -1.30. The SMILES string of the molecule is CC(=O)OC(C1CC(C)C2C(O1)C(O)C1(C)C3CCC4C(C)(C)C(OC5CN(C(C)(C)C(=O)O)CCO5)CCC45CC35CCC21C)C(C)(C)O. The molecule has 0 radical (unpaired) electrons. The van der Waals surface area contributed by atoms with Crippen molar-refractivity contribution in [3.63, 3.8) is 0 Å². The third-order valence-electron chi connectivity index (χ3n) is 16.8. The van der Waals surface area contributed by atoms with Gasteiger partial charge in [-0.05, 0) is 124 Å². The number of esters is 1. The van der Waals surface area contributed by atoms with E-state index in [0.717, 1.165) is 32.1 Å². The third kappa shape index (κ3) is 4.93. The van der Waals surface area contributed by atoms with Gasteiger partial charge in [-0.3, -0.25) is 14.5 Å². The molecule has 0 aromatic heterocycles. The molecule has 7 aliphatic rings. The molecule has 0 aromatic carbocycles. The zero-order valence-corrected chi connectivity index (χ0v) is 32.3. The fraction of sp³-hybridized carbons (Fsp3) is 0.950. The fourth-order valence-corrected chi connectivity index (χ4v) is 14.1. The van der Waals surface area contributed by atoms with E-state index in [2.05, 4.69) is 34.6 Å². The Balaban J connectivity index is 1.11. The minimum absolute atomic E-state index is 0.0294. The van der Waals surface area contributed by atoms with E-state index in [1.807, 2.05) is 4.90 Å². The van der Waals surface area contributed by atoms with Gasteiger partial charge in [0.05, 0.1) is 43.2 Å². The molecule has 0 aromatic rings. The molecule has 5 aliphatic carbocycles. The second-order valence-electron chi connectivity index (χ2n) is 20.0. The van der Waals surface area contributed by atoms with E-state index in [-0.39, 0.29) is 51.1 Å². The van der Waals surface area contributed by atoms with E-state index >= 15 is 0 Å². The summed E-state index contributed by atoms with van der Waals surface area (Å²) in [6.07, 6.45) is 5.65. The molecular weight excluding hydrogens is 638 g/mol. The van der Waals surface area contributed by atoms with E-state index in [1.54, 1.807) is 27.7 Å². The molecule has 2 spiro atoms. The summed E-state index contributed by atoms with van der Waals surface area (Å²) < 4.78 is 25.4. The number of fused-ring (bicyclic) bond motifs is 4. The third-order valence-corrected chi connectivity index (χ3v) is 16.8. The minimum atomic E-state index is -1.28. The van der Waals surface area contributed by atoms with Crippen molar-refractivity contribution >= 4 is 11.9 Å². The molecule has 14 atom stereocenters. The maximum absolute atomic E-state index is 12.6. The van der Waals surface area contributed by atoms with Crippen molar-refractivity contribution in [2.45, 2.75) is 169 Å². The molecule has 284 valence electrons. The Kier molecular flexibility index (Phi) is 8.59. The first kappa shape index (κ1) is 37.0. The number of rotatable bonds is 7. The number of hydrogen-bond donors (Lipinski definition) is 3. The van der Waals surface area contributed by atoms with Gasteiger partial charge >= 0.3 is 11.9 Å². The van der Waals surface area contributed by atoms with Crippen LogP contribution in [0, 0.1) is 50.7 Å². The van der Waals surface area contributed by atoms with Crippen LogP contribution < -0.4 is 0 Å². The monoisotopic (exact) mass is 703 g/mol. The summed E-state index contributed by atoms with van der Waals surface area (Å²) in [4.78, 5) is 26.1. The lowest BCUT2D eigenvalue weighted by molar-refractivity contribution is -0.254. The van der Waals surface area contributed by atoms with Gasteiger partial charge in [-0.1, -0.05) is 34.6 Å². The van der Waals surface area contributed by atoms with Crippen LogP contribution in [0.5, 0.6) is 0 Å². The number of nitrogens with zero attached hydrogens (tertiary/aromatic N) is 1. The average Bonchev–Trinajstić information content (AvgIpc) is 3.65. The van der Waals surface area contributed by atoms with Crippen LogP contribution >= 0.6 is 0 Å². The van der Waals surface area contributed by atoms with Gasteiger partial charge in [0.2, 0.25) is 0 Å². The molecule has 5 saturated carbocycles. The summed E-state index contributed by atoms with van der Waals surface area (Å²) in [6.45, 7) is 21.6. The van der Waals surface area contributed by atoms with Gasteiger partial charge in [0, 0.05) is 18.9 Å². The van der Waals surface area contributed by atoms with E-state index in [9.17, 15) is 24.9 Å². The lowest BCUT2D eigenvalue weighted by Crippen LogP contribution is -2.61. The first-order chi connectivity index (χ1) is 23.1. The van der Waals surface area contributed by atoms with E-state index < -0.39 is 47.7 Å².